The van der Waals surface area contributed by atoms with Crippen LogP contribution in [0.1, 0.15) is 17.0 Å². The first-order chi connectivity index (χ1) is 15.2. The van der Waals surface area contributed by atoms with E-state index in [1.165, 1.54) is 11.1 Å². The first kappa shape index (κ1) is 21.0. The minimum Gasteiger partial charge on any atom is -0.497 e. The molecule has 0 heterocycles. The minimum atomic E-state index is 0.00360. The monoisotopic (exact) mass is 428 g/mol. The number of rotatable bonds is 7. The van der Waals surface area contributed by atoms with E-state index in [1.807, 2.05) is 24.3 Å². The lowest BCUT2D eigenvalue weighted by atomic mass is 9.83. The minimum absolute atomic E-state index is 0.00360. The van der Waals surface area contributed by atoms with Crippen LogP contribution in [0, 0.1) is 0 Å². The highest BCUT2D eigenvalue weighted by atomic mass is 35.5. The summed E-state index contributed by atoms with van der Waals surface area (Å²) in [5, 5.41) is 0. The first-order valence-corrected chi connectivity index (χ1v) is 10.8. The fraction of sp³-hybridized carbons (Fsp3) is 0.143. The van der Waals surface area contributed by atoms with E-state index >= 15 is 0 Å². The molecular weight excluding hydrogens is 404 g/mol. The lowest BCUT2D eigenvalue weighted by Gasteiger charge is -2.23. The molecule has 2 nitrogen and oxygen atoms in total. The summed E-state index contributed by atoms with van der Waals surface area (Å²) >= 11 is 6.64. The van der Waals surface area contributed by atoms with Crippen LogP contribution in [-0.4, -0.2) is 20.1 Å². The molecule has 0 radical (unpaired) electrons. The summed E-state index contributed by atoms with van der Waals surface area (Å²) in [6, 6.07) is 33.2. The molecule has 0 saturated carbocycles. The van der Waals surface area contributed by atoms with Gasteiger partial charge in [-0.3, -0.25) is 0 Å². The van der Waals surface area contributed by atoms with Gasteiger partial charge < -0.3 is 9.47 Å². The van der Waals surface area contributed by atoms with Gasteiger partial charge in [0.15, 0.2) is 0 Å². The number of hydrogen-bond acceptors (Lipinski definition) is 2. The molecule has 0 spiro atoms. The molecule has 0 fully saturated rings. The largest absolute Gasteiger partial charge is 0.497 e. The van der Waals surface area contributed by atoms with E-state index in [1.54, 1.807) is 14.2 Å². The summed E-state index contributed by atoms with van der Waals surface area (Å²) in [5.41, 5.74) is 6.87. The first-order valence-electron chi connectivity index (χ1n) is 10.3. The van der Waals surface area contributed by atoms with Gasteiger partial charge in [-0.05, 0) is 57.6 Å². The zero-order valence-corrected chi connectivity index (χ0v) is 18.5. The average molecular weight is 429 g/mol. The quantitative estimate of drug-likeness (QED) is 0.285. The van der Waals surface area contributed by atoms with Gasteiger partial charge in [0.05, 0.1) is 14.2 Å². The number of benzene rings is 4. The van der Waals surface area contributed by atoms with Gasteiger partial charge in [-0.2, -0.15) is 0 Å². The Morgan fingerprint density at radius 1 is 0.613 bits per heavy atom. The van der Waals surface area contributed by atoms with E-state index in [9.17, 15) is 0 Å². The van der Waals surface area contributed by atoms with Gasteiger partial charge in [-0.25, -0.2) is 0 Å². The molecule has 3 heteroatoms. The molecular formula is C28H25ClO2. The van der Waals surface area contributed by atoms with E-state index < -0.39 is 0 Å². The smallest absolute Gasteiger partial charge is 0.119 e. The van der Waals surface area contributed by atoms with E-state index in [-0.39, 0.29) is 5.92 Å². The Morgan fingerprint density at radius 2 is 1.03 bits per heavy atom. The number of alkyl halides is 1. The molecule has 0 aliphatic rings. The second-order valence-electron chi connectivity index (χ2n) is 7.35. The fourth-order valence-electron chi connectivity index (χ4n) is 4.00. The maximum absolute atomic E-state index is 6.64. The maximum Gasteiger partial charge on any atom is 0.119 e. The molecule has 4 rings (SSSR count). The lowest BCUT2D eigenvalue weighted by molar-refractivity contribution is 0.414. The highest BCUT2D eigenvalue weighted by molar-refractivity contribution is 6.18. The highest BCUT2D eigenvalue weighted by Crippen LogP contribution is 2.41. The number of methoxy groups -OCH3 is 2. The van der Waals surface area contributed by atoms with Crippen molar-refractivity contribution in [2.24, 2.45) is 0 Å². The molecule has 0 saturated heterocycles. The summed E-state index contributed by atoms with van der Waals surface area (Å²) in [4.78, 5) is 0. The summed E-state index contributed by atoms with van der Waals surface area (Å²) in [7, 11) is 3.39. The van der Waals surface area contributed by atoms with Crippen LogP contribution in [0.2, 0.25) is 0 Å². The molecule has 156 valence electrons. The Balaban J connectivity index is 1.91. The van der Waals surface area contributed by atoms with Crippen molar-refractivity contribution in [3.8, 4) is 33.8 Å². The third-order valence-electron chi connectivity index (χ3n) is 5.60. The second-order valence-corrected chi connectivity index (χ2v) is 7.65. The van der Waals surface area contributed by atoms with Crippen LogP contribution in [-0.2, 0) is 0 Å². The lowest BCUT2D eigenvalue weighted by Crippen LogP contribution is -2.07. The van der Waals surface area contributed by atoms with Crippen LogP contribution < -0.4 is 9.47 Å². The summed E-state index contributed by atoms with van der Waals surface area (Å²) < 4.78 is 11.0. The molecule has 0 aromatic heterocycles. The number of ether oxygens (including phenoxy) is 2. The number of halogens is 1. The normalized spacial score (nSPS) is 10.8. The Morgan fingerprint density at radius 3 is 1.39 bits per heavy atom. The van der Waals surface area contributed by atoms with Crippen LogP contribution in [0.5, 0.6) is 11.5 Å². The Labute approximate surface area is 189 Å². The Bertz CT molecular complexity index is 1050. The van der Waals surface area contributed by atoms with Crippen molar-refractivity contribution in [2.45, 2.75) is 5.92 Å². The zero-order valence-electron chi connectivity index (χ0n) is 17.7. The maximum atomic E-state index is 6.64. The van der Waals surface area contributed by atoms with Crippen LogP contribution in [0.25, 0.3) is 22.3 Å². The van der Waals surface area contributed by atoms with Crippen molar-refractivity contribution in [2.75, 3.05) is 20.1 Å². The fourth-order valence-corrected chi connectivity index (χ4v) is 4.33. The SMILES string of the molecule is COc1ccc(C(CCl)c2ccc(OC)cc2-c2ccccc2)c(-c2ccccc2)c1. The Kier molecular flexibility index (Phi) is 6.59. The summed E-state index contributed by atoms with van der Waals surface area (Å²) in [5.74, 6) is 2.12. The predicted molar refractivity (Wildman–Crippen MR) is 129 cm³/mol. The van der Waals surface area contributed by atoms with E-state index in [0.717, 1.165) is 33.8 Å². The van der Waals surface area contributed by atoms with Gasteiger partial charge in [-0.15, -0.1) is 11.6 Å². The van der Waals surface area contributed by atoms with Gasteiger partial charge in [-0.1, -0.05) is 72.8 Å². The van der Waals surface area contributed by atoms with Gasteiger partial charge in [0, 0.05) is 11.8 Å². The van der Waals surface area contributed by atoms with Crippen molar-refractivity contribution in [1.29, 1.82) is 0 Å². The van der Waals surface area contributed by atoms with E-state index in [2.05, 4.69) is 72.8 Å². The molecule has 0 aliphatic carbocycles. The van der Waals surface area contributed by atoms with Crippen molar-refractivity contribution < 1.29 is 9.47 Å². The van der Waals surface area contributed by atoms with Crippen LogP contribution in [0.3, 0.4) is 0 Å². The molecule has 0 amide bonds. The van der Waals surface area contributed by atoms with Gasteiger partial charge in [0.2, 0.25) is 0 Å². The van der Waals surface area contributed by atoms with E-state index in [4.69, 9.17) is 21.1 Å². The van der Waals surface area contributed by atoms with E-state index in [0.29, 0.717) is 5.88 Å². The highest BCUT2D eigenvalue weighted by Gasteiger charge is 2.22. The van der Waals surface area contributed by atoms with Gasteiger partial charge >= 0.3 is 0 Å². The molecule has 4 aromatic rings. The van der Waals surface area contributed by atoms with Crippen LogP contribution in [0.4, 0.5) is 0 Å². The topological polar surface area (TPSA) is 18.5 Å². The second kappa shape index (κ2) is 9.72. The van der Waals surface area contributed by atoms with Crippen molar-refractivity contribution >= 4 is 11.6 Å². The van der Waals surface area contributed by atoms with Crippen molar-refractivity contribution in [3.05, 3.63) is 108 Å². The van der Waals surface area contributed by atoms with Gasteiger partial charge in [0.25, 0.3) is 0 Å². The molecule has 0 N–H and O–H groups in total. The molecule has 0 atom stereocenters. The third-order valence-corrected chi connectivity index (χ3v) is 5.90. The van der Waals surface area contributed by atoms with Crippen molar-refractivity contribution in [1.82, 2.24) is 0 Å². The molecule has 0 bridgehead atoms. The van der Waals surface area contributed by atoms with Crippen molar-refractivity contribution in [3.63, 3.8) is 0 Å². The third kappa shape index (κ3) is 4.45. The van der Waals surface area contributed by atoms with Crippen LogP contribution >= 0.6 is 11.6 Å². The molecule has 0 aliphatic heterocycles. The van der Waals surface area contributed by atoms with Gasteiger partial charge in [0.1, 0.15) is 11.5 Å². The molecule has 0 unspecified atom stereocenters. The average Bonchev–Trinajstić information content (AvgIpc) is 2.86. The van der Waals surface area contributed by atoms with Crippen LogP contribution in [0.15, 0.2) is 97.1 Å². The predicted octanol–water partition coefficient (Wildman–Crippen LogP) is 7.41. The summed E-state index contributed by atoms with van der Waals surface area (Å²) in [6.45, 7) is 0. The molecule has 4 aromatic carbocycles. The number of hydrogen-bond donors (Lipinski definition) is 0. The summed E-state index contributed by atoms with van der Waals surface area (Å²) in [6.07, 6.45) is 0. The standard InChI is InChI=1S/C28H25ClO2/c1-30-22-13-15-24(26(17-22)20-9-5-3-6-10-20)28(19-29)25-16-14-23(31-2)18-27(25)21-11-7-4-8-12-21/h3-18,28H,19H2,1-2H3. The Hall–Kier alpha value is -3.23. The molecule has 31 heavy (non-hydrogen) atoms. The zero-order chi connectivity index (χ0) is 21.6.